The van der Waals surface area contributed by atoms with Crippen molar-refractivity contribution in [2.45, 2.75) is 77.4 Å². The molecule has 4 nitrogen and oxygen atoms in total. The van der Waals surface area contributed by atoms with Gasteiger partial charge in [0.25, 0.3) is 0 Å². The second-order valence-corrected chi connectivity index (χ2v) is 10.3. The average Bonchev–Trinajstić information content (AvgIpc) is 2.88. The fourth-order valence-corrected chi connectivity index (χ4v) is 7.71. The van der Waals surface area contributed by atoms with E-state index in [1.807, 2.05) is 7.05 Å². The molecule has 0 saturated heterocycles. The molecule has 0 spiro atoms. The maximum atomic E-state index is 12.1. The van der Waals surface area contributed by atoms with Gasteiger partial charge in [-0.15, -0.1) is 0 Å². The first kappa shape index (κ1) is 18.3. The van der Waals surface area contributed by atoms with E-state index in [9.17, 15) is 9.90 Å². The van der Waals surface area contributed by atoms with Crippen molar-refractivity contribution in [3.05, 3.63) is 0 Å². The largest absolute Gasteiger partial charge is 0.393 e. The summed E-state index contributed by atoms with van der Waals surface area (Å²) < 4.78 is 9.34. The first-order valence-corrected chi connectivity index (χ1v) is 10.8. The molecule has 2 N–H and O–H groups in total. The van der Waals surface area contributed by atoms with Crippen LogP contribution in [0.4, 0.5) is 0 Å². The van der Waals surface area contributed by atoms with E-state index in [-0.39, 0.29) is 23.0 Å². The predicted octanol–water partition coefficient (Wildman–Crippen LogP) is 3.74. The number of fused-ring (bicyclic) bond motifs is 5. The van der Waals surface area contributed by atoms with Gasteiger partial charge in [-0.2, -0.15) is 0 Å². The van der Waals surface area contributed by atoms with Crippen LogP contribution in [-0.4, -0.2) is 30.1 Å². The van der Waals surface area contributed by atoms with Crippen LogP contribution in [0.1, 0.15) is 65.2 Å². The number of aliphatic hydroxyl groups is 1. The van der Waals surface area contributed by atoms with Gasteiger partial charge < -0.3 is 5.11 Å². The Bertz CT molecular complexity index is 543. The highest BCUT2D eigenvalue weighted by Gasteiger charge is 2.63. The van der Waals surface area contributed by atoms with Gasteiger partial charge in [0.1, 0.15) is 5.78 Å². The molecule has 0 amide bonds. The molecule has 142 valence electrons. The number of carbonyl (C=O) groups excluding carboxylic acids is 1. The fourth-order valence-electron chi connectivity index (χ4n) is 7.31. The van der Waals surface area contributed by atoms with Crippen LogP contribution in [-0.2, 0) is 8.98 Å². The van der Waals surface area contributed by atoms with Gasteiger partial charge in [-0.3, -0.25) is 8.98 Å². The van der Waals surface area contributed by atoms with Crippen LogP contribution in [0.25, 0.3) is 0 Å². The first-order chi connectivity index (χ1) is 11.9. The number of hydrogen-bond acceptors (Lipinski definition) is 5. The van der Waals surface area contributed by atoms with Gasteiger partial charge in [0.2, 0.25) is 0 Å². The van der Waals surface area contributed by atoms with Crippen molar-refractivity contribution in [2.75, 3.05) is 7.05 Å². The molecule has 0 aromatic heterocycles. The minimum atomic E-state index is -0.192. The zero-order valence-corrected chi connectivity index (χ0v) is 16.6. The SMILES string of the molecule is CNSOC1CC2(C)C(O)CCC2C2CCC3CC(=O)CCC3(C)C12. The average molecular weight is 368 g/mol. The normalized spacial score (nSPS) is 52.4. The second kappa shape index (κ2) is 6.50. The summed E-state index contributed by atoms with van der Waals surface area (Å²) in [6, 6.07) is 0. The molecular weight excluding hydrogens is 334 g/mol. The van der Waals surface area contributed by atoms with Gasteiger partial charge in [-0.05, 0) is 80.1 Å². The summed E-state index contributed by atoms with van der Waals surface area (Å²) in [6.45, 7) is 4.74. The van der Waals surface area contributed by atoms with Crippen LogP contribution < -0.4 is 4.72 Å². The Morgan fingerprint density at radius 2 is 2.00 bits per heavy atom. The van der Waals surface area contributed by atoms with Crippen molar-refractivity contribution in [2.24, 2.45) is 34.5 Å². The molecule has 0 aromatic carbocycles. The fraction of sp³-hybridized carbons (Fsp3) is 0.950. The molecule has 8 atom stereocenters. The van der Waals surface area contributed by atoms with Gasteiger partial charge in [-0.25, -0.2) is 4.72 Å². The number of carbonyl (C=O) groups is 1. The van der Waals surface area contributed by atoms with E-state index < -0.39 is 0 Å². The predicted molar refractivity (Wildman–Crippen MR) is 99.6 cm³/mol. The minimum absolute atomic E-state index is 0.00613. The first-order valence-electron chi connectivity index (χ1n) is 10.1. The lowest BCUT2D eigenvalue weighted by Crippen LogP contribution is -2.59. The smallest absolute Gasteiger partial charge is 0.133 e. The maximum Gasteiger partial charge on any atom is 0.133 e. The van der Waals surface area contributed by atoms with Gasteiger partial charge in [0.15, 0.2) is 0 Å². The van der Waals surface area contributed by atoms with Crippen molar-refractivity contribution in [3.63, 3.8) is 0 Å². The van der Waals surface area contributed by atoms with E-state index >= 15 is 0 Å². The Balaban J connectivity index is 1.69. The minimum Gasteiger partial charge on any atom is -0.393 e. The Hall–Kier alpha value is -0.100. The van der Waals surface area contributed by atoms with Crippen molar-refractivity contribution >= 4 is 18.0 Å². The third-order valence-electron chi connectivity index (χ3n) is 8.59. The number of hydrogen-bond donors (Lipinski definition) is 2. The lowest BCUT2D eigenvalue weighted by Gasteiger charge is -2.61. The van der Waals surface area contributed by atoms with Gasteiger partial charge in [0, 0.05) is 12.8 Å². The van der Waals surface area contributed by atoms with Crippen molar-refractivity contribution in [1.29, 1.82) is 0 Å². The standard InChI is InChI=1S/C20H33NO3S/c1-19-9-8-13(22)10-12(19)4-5-14-15-6-7-17(23)20(15,2)11-16(18(14)19)24-25-21-3/h12,14-18,21,23H,4-11H2,1-3H3. The van der Waals surface area contributed by atoms with Crippen molar-refractivity contribution in [1.82, 2.24) is 4.72 Å². The molecule has 4 aliphatic rings. The van der Waals surface area contributed by atoms with Crippen LogP contribution in [0, 0.1) is 34.5 Å². The number of Topliss-reactive ketones (excluding diaryl/α,β-unsaturated/α-hetero) is 1. The topological polar surface area (TPSA) is 58.6 Å². The van der Waals surface area contributed by atoms with Crippen LogP contribution in [0.5, 0.6) is 0 Å². The molecule has 4 fully saturated rings. The number of rotatable bonds is 3. The monoisotopic (exact) mass is 367 g/mol. The van der Waals surface area contributed by atoms with Crippen LogP contribution >= 0.6 is 12.2 Å². The molecule has 4 saturated carbocycles. The molecule has 4 rings (SSSR count). The van der Waals surface area contributed by atoms with E-state index in [1.54, 1.807) is 0 Å². The third kappa shape index (κ3) is 2.72. The van der Waals surface area contributed by atoms with Crippen LogP contribution in [0.3, 0.4) is 0 Å². The molecule has 0 radical (unpaired) electrons. The molecule has 4 aliphatic carbocycles. The lowest BCUT2D eigenvalue weighted by molar-refractivity contribution is -0.169. The molecule has 0 bridgehead atoms. The van der Waals surface area contributed by atoms with E-state index in [0.29, 0.717) is 29.5 Å². The Kier molecular flexibility index (Phi) is 4.75. The quantitative estimate of drug-likeness (QED) is 0.588. The Morgan fingerprint density at radius 1 is 1.20 bits per heavy atom. The third-order valence-corrected chi connectivity index (χ3v) is 9.10. The summed E-state index contributed by atoms with van der Waals surface area (Å²) in [5.41, 5.74) is 0.207. The Labute approximate surface area is 156 Å². The van der Waals surface area contributed by atoms with E-state index in [1.165, 1.54) is 25.1 Å². The van der Waals surface area contributed by atoms with E-state index in [2.05, 4.69) is 18.6 Å². The van der Waals surface area contributed by atoms with Crippen LogP contribution in [0.2, 0.25) is 0 Å². The highest BCUT2D eigenvalue weighted by Crippen LogP contribution is 2.66. The maximum absolute atomic E-state index is 12.1. The summed E-state index contributed by atoms with van der Waals surface area (Å²) in [7, 11) is 1.89. The van der Waals surface area contributed by atoms with E-state index in [4.69, 9.17) is 4.18 Å². The lowest BCUT2D eigenvalue weighted by atomic mass is 9.44. The second-order valence-electron chi connectivity index (χ2n) is 9.54. The molecule has 0 heterocycles. The number of aliphatic hydroxyl groups excluding tert-OH is 1. The highest BCUT2D eigenvalue weighted by molar-refractivity contribution is 7.92. The molecule has 0 aromatic rings. The van der Waals surface area contributed by atoms with Gasteiger partial charge in [0.05, 0.1) is 24.4 Å². The molecule has 5 heteroatoms. The zero-order valence-electron chi connectivity index (χ0n) is 15.8. The molecule has 8 unspecified atom stereocenters. The van der Waals surface area contributed by atoms with Gasteiger partial charge in [-0.1, -0.05) is 13.8 Å². The summed E-state index contributed by atoms with van der Waals surface area (Å²) >= 11 is 1.34. The summed E-state index contributed by atoms with van der Waals surface area (Å²) in [6.07, 6.45) is 7.94. The van der Waals surface area contributed by atoms with Crippen molar-refractivity contribution in [3.8, 4) is 0 Å². The molecular formula is C20H33NO3S. The van der Waals surface area contributed by atoms with Crippen molar-refractivity contribution < 1.29 is 14.1 Å². The highest BCUT2D eigenvalue weighted by atomic mass is 32.2. The molecule has 0 aliphatic heterocycles. The number of nitrogens with one attached hydrogen (secondary N) is 1. The van der Waals surface area contributed by atoms with E-state index in [0.717, 1.165) is 38.5 Å². The summed E-state index contributed by atoms with van der Waals surface area (Å²) in [4.78, 5) is 12.1. The van der Waals surface area contributed by atoms with Gasteiger partial charge >= 0.3 is 0 Å². The summed E-state index contributed by atoms with van der Waals surface area (Å²) in [5.74, 6) is 2.75. The molecule has 25 heavy (non-hydrogen) atoms. The number of ketones is 1. The Morgan fingerprint density at radius 3 is 2.76 bits per heavy atom. The zero-order chi connectivity index (χ0) is 17.8. The summed E-state index contributed by atoms with van der Waals surface area (Å²) in [5, 5.41) is 10.7. The van der Waals surface area contributed by atoms with Crippen LogP contribution in [0.15, 0.2) is 0 Å².